The molecule has 1 aromatic rings. The van der Waals surface area contributed by atoms with Crippen molar-refractivity contribution in [1.29, 1.82) is 0 Å². The highest BCUT2D eigenvalue weighted by molar-refractivity contribution is 8.00. The van der Waals surface area contributed by atoms with Crippen LogP contribution >= 0.6 is 11.8 Å². The van der Waals surface area contributed by atoms with Crippen LogP contribution in [0.4, 0.5) is 0 Å². The van der Waals surface area contributed by atoms with E-state index < -0.39 is 0 Å². The summed E-state index contributed by atoms with van der Waals surface area (Å²) < 4.78 is 0. The fourth-order valence-corrected chi connectivity index (χ4v) is 4.11. The third-order valence-electron chi connectivity index (χ3n) is 4.91. The van der Waals surface area contributed by atoms with Gasteiger partial charge in [0.1, 0.15) is 0 Å². The number of likely N-dealkylation sites (tertiary alicyclic amines) is 1. The van der Waals surface area contributed by atoms with Crippen molar-refractivity contribution in [2.24, 2.45) is 5.92 Å². The van der Waals surface area contributed by atoms with Gasteiger partial charge in [0.2, 0.25) is 11.8 Å². The first-order valence-corrected chi connectivity index (χ1v) is 10.2. The van der Waals surface area contributed by atoms with E-state index in [1.54, 1.807) is 11.8 Å². The van der Waals surface area contributed by atoms with E-state index in [0.29, 0.717) is 0 Å². The van der Waals surface area contributed by atoms with Crippen molar-refractivity contribution in [2.75, 3.05) is 13.1 Å². The van der Waals surface area contributed by atoms with Gasteiger partial charge in [0.25, 0.3) is 0 Å². The quantitative estimate of drug-likeness (QED) is 0.752. The van der Waals surface area contributed by atoms with Crippen LogP contribution in [0.25, 0.3) is 0 Å². The number of rotatable bonds is 7. The Hall–Kier alpha value is -1.49. The van der Waals surface area contributed by atoms with Gasteiger partial charge in [-0.15, -0.1) is 11.8 Å². The van der Waals surface area contributed by atoms with Crippen molar-refractivity contribution in [3.05, 3.63) is 30.3 Å². The molecule has 2 amide bonds. The lowest BCUT2D eigenvalue weighted by molar-refractivity contribution is -0.137. The first-order chi connectivity index (χ1) is 12.0. The molecule has 0 aromatic heterocycles. The lowest BCUT2D eigenvalue weighted by Crippen LogP contribution is -2.49. The smallest absolute Gasteiger partial charge is 0.233 e. The molecule has 25 heavy (non-hydrogen) atoms. The first-order valence-electron chi connectivity index (χ1n) is 9.36. The molecule has 5 heteroatoms. The highest BCUT2D eigenvalue weighted by Crippen LogP contribution is 2.23. The second-order valence-electron chi connectivity index (χ2n) is 6.69. The molecule has 1 heterocycles. The van der Waals surface area contributed by atoms with Gasteiger partial charge in [-0.25, -0.2) is 0 Å². The summed E-state index contributed by atoms with van der Waals surface area (Å²) in [5, 5.41) is 3.04. The minimum Gasteiger partial charge on any atom is -0.352 e. The molecule has 1 fully saturated rings. The fourth-order valence-electron chi connectivity index (χ4n) is 3.22. The minimum absolute atomic E-state index is 0.0821. The van der Waals surface area contributed by atoms with Crippen LogP contribution in [0, 0.1) is 5.92 Å². The Labute approximate surface area is 155 Å². The molecule has 0 spiro atoms. The SMILES string of the molecule is CCC(CC)C(=O)N1CCC(NC(=O)C(C)Sc2ccccc2)CC1. The third kappa shape index (κ3) is 5.77. The van der Waals surface area contributed by atoms with E-state index in [-0.39, 0.29) is 29.0 Å². The average Bonchev–Trinajstić information content (AvgIpc) is 2.64. The van der Waals surface area contributed by atoms with Gasteiger partial charge >= 0.3 is 0 Å². The Morgan fingerprint density at radius 1 is 1.16 bits per heavy atom. The molecule has 138 valence electrons. The highest BCUT2D eigenvalue weighted by atomic mass is 32.2. The van der Waals surface area contributed by atoms with E-state index in [9.17, 15) is 9.59 Å². The van der Waals surface area contributed by atoms with Gasteiger partial charge < -0.3 is 10.2 Å². The first kappa shape index (κ1) is 19.8. The van der Waals surface area contributed by atoms with Crippen LogP contribution in [0.15, 0.2) is 35.2 Å². The molecule has 1 aliphatic rings. The maximum absolute atomic E-state index is 12.4. The van der Waals surface area contributed by atoms with Gasteiger partial charge in [-0.1, -0.05) is 32.0 Å². The summed E-state index contributed by atoms with van der Waals surface area (Å²) in [4.78, 5) is 27.9. The zero-order valence-corrected chi connectivity index (χ0v) is 16.3. The van der Waals surface area contributed by atoms with E-state index in [2.05, 4.69) is 19.2 Å². The lowest BCUT2D eigenvalue weighted by Gasteiger charge is -2.34. The molecule has 1 atom stereocenters. The highest BCUT2D eigenvalue weighted by Gasteiger charge is 2.28. The number of nitrogens with zero attached hydrogens (tertiary/aromatic N) is 1. The number of piperidine rings is 1. The standard InChI is InChI=1S/C20H30N2O2S/c1-4-16(5-2)20(24)22-13-11-17(12-14-22)21-19(23)15(3)25-18-9-7-6-8-10-18/h6-10,15-17H,4-5,11-14H2,1-3H3,(H,21,23). The summed E-state index contributed by atoms with van der Waals surface area (Å²) in [6.45, 7) is 7.59. The molecule has 0 bridgehead atoms. The molecule has 0 radical (unpaired) electrons. The van der Waals surface area contributed by atoms with Crippen molar-refractivity contribution in [3.8, 4) is 0 Å². The van der Waals surface area contributed by atoms with Crippen molar-refractivity contribution in [1.82, 2.24) is 10.2 Å². The third-order valence-corrected chi connectivity index (χ3v) is 6.03. The maximum Gasteiger partial charge on any atom is 0.233 e. The molecule has 1 saturated heterocycles. The summed E-state index contributed by atoms with van der Waals surface area (Å²) in [6.07, 6.45) is 3.50. The molecule has 1 unspecified atom stereocenters. The fraction of sp³-hybridized carbons (Fsp3) is 0.600. The lowest BCUT2D eigenvalue weighted by atomic mass is 9.98. The number of benzene rings is 1. The number of hydrogen-bond acceptors (Lipinski definition) is 3. The van der Waals surface area contributed by atoms with Crippen molar-refractivity contribution < 1.29 is 9.59 Å². The number of nitrogens with one attached hydrogen (secondary N) is 1. The monoisotopic (exact) mass is 362 g/mol. The maximum atomic E-state index is 12.4. The number of thioether (sulfide) groups is 1. The average molecular weight is 363 g/mol. The van der Waals surface area contributed by atoms with E-state index in [0.717, 1.165) is 43.7 Å². The molecule has 2 rings (SSSR count). The van der Waals surface area contributed by atoms with Gasteiger partial charge in [0.15, 0.2) is 0 Å². The van der Waals surface area contributed by atoms with Gasteiger partial charge in [-0.3, -0.25) is 9.59 Å². The van der Waals surface area contributed by atoms with E-state index in [4.69, 9.17) is 0 Å². The van der Waals surface area contributed by atoms with Crippen LogP contribution in [0.1, 0.15) is 46.5 Å². The molecular weight excluding hydrogens is 332 g/mol. The van der Waals surface area contributed by atoms with Crippen molar-refractivity contribution >= 4 is 23.6 Å². The number of carbonyl (C=O) groups excluding carboxylic acids is 2. The number of carbonyl (C=O) groups is 2. The predicted octanol–water partition coefficient (Wildman–Crippen LogP) is 3.71. The largest absolute Gasteiger partial charge is 0.352 e. The van der Waals surface area contributed by atoms with Gasteiger partial charge in [0.05, 0.1) is 5.25 Å². The zero-order valence-electron chi connectivity index (χ0n) is 15.5. The van der Waals surface area contributed by atoms with Crippen LogP contribution in [0.3, 0.4) is 0 Å². The van der Waals surface area contributed by atoms with Crippen LogP contribution in [0.5, 0.6) is 0 Å². The molecule has 0 saturated carbocycles. The predicted molar refractivity (Wildman–Crippen MR) is 104 cm³/mol. The van der Waals surface area contributed by atoms with Crippen molar-refractivity contribution in [3.63, 3.8) is 0 Å². The normalized spacial score (nSPS) is 16.7. The van der Waals surface area contributed by atoms with E-state index in [1.807, 2.05) is 42.2 Å². The summed E-state index contributed by atoms with van der Waals surface area (Å²) in [5.41, 5.74) is 0. The summed E-state index contributed by atoms with van der Waals surface area (Å²) in [6, 6.07) is 10.2. The van der Waals surface area contributed by atoms with Crippen LogP contribution in [-0.4, -0.2) is 41.1 Å². The second-order valence-corrected chi connectivity index (χ2v) is 8.11. The van der Waals surface area contributed by atoms with E-state index in [1.165, 1.54) is 0 Å². The van der Waals surface area contributed by atoms with Crippen LogP contribution < -0.4 is 5.32 Å². The molecule has 4 nitrogen and oxygen atoms in total. The molecule has 1 aliphatic heterocycles. The van der Waals surface area contributed by atoms with Gasteiger partial charge in [-0.2, -0.15) is 0 Å². The van der Waals surface area contributed by atoms with E-state index >= 15 is 0 Å². The van der Waals surface area contributed by atoms with Crippen LogP contribution in [-0.2, 0) is 9.59 Å². The topological polar surface area (TPSA) is 49.4 Å². The molecule has 0 aliphatic carbocycles. The van der Waals surface area contributed by atoms with Gasteiger partial charge in [-0.05, 0) is 44.7 Å². The Balaban J connectivity index is 1.77. The van der Waals surface area contributed by atoms with Gasteiger partial charge in [0, 0.05) is 29.9 Å². The second kappa shape index (κ2) is 9.85. The Morgan fingerprint density at radius 2 is 1.76 bits per heavy atom. The Bertz CT molecular complexity index is 552. The molecule has 1 N–H and O–H groups in total. The summed E-state index contributed by atoms with van der Waals surface area (Å²) in [7, 11) is 0. The number of amides is 2. The molecular formula is C20H30N2O2S. The van der Waals surface area contributed by atoms with Crippen molar-refractivity contribution in [2.45, 2.75) is 62.6 Å². The summed E-state index contributed by atoms with van der Waals surface area (Å²) >= 11 is 1.58. The minimum atomic E-state index is -0.119. The van der Waals surface area contributed by atoms with Crippen LogP contribution in [0.2, 0.25) is 0 Å². The zero-order chi connectivity index (χ0) is 18.2. The molecule has 1 aromatic carbocycles. The number of hydrogen-bond donors (Lipinski definition) is 1. The Kier molecular flexibility index (Phi) is 7.82. The Morgan fingerprint density at radius 3 is 2.32 bits per heavy atom. The summed E-state index contributed by atoms with van der Waals surface area (Å²) in [5.74, 6) is 0.509.